The van der Waals surface area contributed by atoms with Crippen LogP contribution >= 0.6 is 11.8 Å². The van der Waals surface area contributed by atoms with Gasteiger partial charge >= 0.3 is 11.3 Å². The van der Waals surface area contributed by atoms with E-state index in [0.717, 1.165) is 51.0 Å². The van der Waals surface area contributed by atoms with Gasteiger partial charge in [0.05, 0.1) is 13.2 Å². The lowest BCUT2D eigenvalue weighted by molar-refractivity contribution is 0.0361. The Balaban J connectivity index is 1.76. The molecule has 1 unspecified atom stereocenters. The first-order chi connectivity index (χ1) is 13.2. The van der Waals surface area contributed by atoms with Crippen molar-refractivity contribution in [2.75, 3.05) is 37.7 Å². The molecule has 0 aliphatic carbocycles. The number of benzene rings is 1. The number of morpholine rings is 1. The minimum atomic E-state index is -1.09. The summed E-state index contributed by atoms with van der Waals surface area (Å²) in [5.74, 6) is 0. The summed E-state index contributed by atoms with van der Waals surface area (Å²) in [4.78, 5) is 28.0. The molecule has 0 saturated carbocycles. The summed E-state index contributed by atoms with van der Waals surface area (Å²) >= 11 is 1.04. The number of hydrogen-bond acceptors (Lipinski definition) is 6. The van der Waals surface area contributed by atoms with Crippen molar-refractivity contribution in [1.29, 1.82) is 0 Å². The average molecular weight is 392 g/mol. The maximum atomic E-state index is 12.4. The Morgan fingerprint density at radius 2 is 2.04 bits per heavy atom. The molecule has 9 heteroatoms. The van der Waals surface area contributed by atoms with Crippen molar-refractivity contribution in [1.82, 2.24) is 15.3 Å². The fourth-order valence-electron chi connectivity index (χ4n) is 3.21. The van der Waals surface area contributed by atoms with Gasteiger partial charge in [0.15, 0.2) is 0 Å². The molecule has 1 aromatic rings. The summed E-state index contributed by atoms with van der Waals surface area (Å²) in [5, 5.41) is 12.7. The number of carbonyl (C=O) groups is 2. The fourth-order valence-corrected chi connectivity index (χ4v) is 3.75. The van der Waals surface area contributed by atoms with Crippen LogP contribution in [0.5, 0.6) is 0 Å². The molecule has 2 amide bonds. The average Bonchev–Trinajstić information content (AvgIpc) is 2.69. The van der Waals surface area contributed by atoms with Crippen LogP contribution in [0.4, 0.5) is 15.3 Å². The number of carboxylic acid groups (broad SMARTS) is 1. The fraction of sp³-hybridized carbons (Fsp3) is 0.444. The third-order valence-electron chi connectivity index (χ3n) is 4.52. The van der Waals surface area contributed by atoms with Gasteiger partial charge in [-0.05, 0) is 48.7 Å². The molecule has 8 nitrogen and oxygen atoms in total. The van der Waals surface area contributed by atoms with Gasteiger partial charge in [0.25, 0.3) is 0 Å². The van der Waals surface area contributed by atoms with Crippen LogP contribution in [0, 0.1) is 0 Å². The largest absolute Gasteiger partial charge is 0.465 e. The predicted molar refractivity (Wildman–Crippen MR) is 104 cm³/mol. The minimum absolute atomic E-state index is 0.226. The van der Waals surface area contributed by atoms with Crippen molar-refractivity contribution >= 4 is 28.8 Å². The standard InChI is InChI=1S/C18H24N4O4S/c23-17(24)21(15-5-2-1-3-6-15)16(22-18(25)27-14-8-19-22)7-4-9-20-10-12-26-13-11-20/h1-3,5-6,8,14,16,19H,4,7,9-13H2,(H,23,24). The molecule has 0 spiro atoms. The highest BCUT2D eigenvalue weighted by atomic mass is 32.2. The Bertz CT molecular complexity index is 667. The van der Waals surface area contributed by atoms with E-state index in [2.05, 4.69) is 10.3 Å². The summed E-state index contributed by atoms with van der Waals surface area (Å²) in [7, 11) is 0. The molecular weight excluding hydrogens is 368 g/mol. The summed E-state index contributed by atoms with van der Waals surface area (Å²) in [6, 6.07) is 8.88. The van der Waals surface area contributed by atoms with E-state index < -0.39 is 12.3 Å². The maximum Gasteiger partial charge on any atom is 0.413 e. The van der Waals surface area contributed by atoms with Crippen molar-refractivity contribution in [2.24, 2.45) is 0 Å². The SMILES string of the molecule is O=C1SC=CNN1C(CCCN1CCOCC1)N(C(=O)O)c1ccccc1. The van der Waals surface area contributed by atoms with E-state index >= 15 is 0 Å². The second kappa shape index (κ2) is 9.63. The number of hydrazine groups is 1. The lowest BCUT2D eigenvalue weighted by Gasteiger charge is -2.39. The molecule has 2 aliphatic rings. The molecule has 27 heavy (non-hydrogen) atoms. The number of amides is 2. The lowest BCUT2D eigenvalue weighted by atomic mass is 10.2. The zero-order chi connectivity index (χ0) is 19.1. The van der Waals surface area contributed by atoms with Gasteiger partial charge in [0.2, 0.25) is 0 Å². The van der Waals surface area contributed by atoms with Gasteiger partial charge in [-0.1, -0.05) is 18.2 Å². The molecular formula is C18H24N4O4S. The first-order valence-corrected chi connectivity index (χ1v) is 9.83. The molecule has 3 rings (SSSR count). The topological polar surface area (TPSA) is 85.4 Å². The number of nitrogens with one attached hydrogen (secondary N) is 1. The Labute approximate surface area is 162 Å². The van der Waals surface area contributed by atoms with Crippen molar-refractivity contribution in [3.05, 3.63) is 41.9 Å². The first-order valence-electron chi connectivity index (χ1n) is 8.95. The molecule has 1 saturated heterocycles. The van der Waals surface area contributed by atoms with Crippen molar-refractivity contribution < 1.29 is 19.4 Å². The Morgan fingerprint density at radius 1 is 1.30 bits per heavy atom. The number of carbonyl (C=O) groups excluding carboxylic acids is 1. The van der Waals surface area contributed by atoms with Gasteiger partial charge in [-0.25, -0.2) is 9.80 Å². The molecule has 2 heterocycles. The zero-order valence-electron chi connectivity index (χ0n) is 15.0. The molecule has 0 bridgehead atoms. The number of hydrogen-bond donors (Lipinski definition) is 2. The van der Waals surface area contributed by atoms with E-state index in [0.29, 0.717) is 12.1 Å². The molecule has 2 N–H and O–H groups in total. The number of thioether (sulfide) groups is 1. The van der Waals surface area contributed by atoms with E-state index in [9.17, 15) is 14.7 Å². The second-order valence-electron chi connectivity index (χ2n) is 6.25. The molecule has 1 atom stereocenters. The van der Waals surface area contributed by atoms with Crippen LogP contribution in [0.25, 0.3) is 0 Å². The molecule has 0 radical (unpaired) electrons. The van der Waals surface area contributed by atoms with E-state index in [1.165, 1.54) is 9.91 Å². The zero-order valence-corrected chi connectivity index (χ0v) is 15.8. The normalized spacial score (nSPS) is 18.8. The van der Waals surface area contributed by atoms with Crippen LogP contribution < -0.4 is 10.3 Å². The van der Waals surface area contributed by atoms with Crippen LogP contribution in [-0.2, 0) is 4.74 Å². The third kappa shape index (κ3) is 5.15. The van der Waals surface area contributed by atoms with E-state index in [1.54, 1.807) is 35.9 Å². The van der Waals surface area contributed by atoms with Crippen molar-refractivity contribution in [3.8, 4) is 0 Å². The number of nitrogens with zero attached hydrogens (tertiary/aromatic N) is 3. The second-order valence-corrected chi connectivity index (χ2v) is 7.11. The van der Waals surface area contributed by atoms with Crippen LogP contribution in [0.15, 0.2) is 41.9 Å². The van der Waals surface area contributed by atoms with Crippen LogP contribution in [-0.4, -0.2) is 65.4 Å². The lowest BCUT2D eigenvalue weighted by Crippen LogP contribution is -2.57. The molecule has 0 aromatic heterocycles. The summed E-state index contributed by atoms with van der Waals surface area (Å²) in [5.41, 5.74) is 3.44. The van der Waals surface area contributed by atoms with Gasteiger partial charge in [-0.3, -0.25) is 14.6 Å². The van der Waals surface area contributed by atoms with Crippen LogP contribution in [0.1, 0.15) is 12.8 Å². The summed E-state index contributed by atoms with van der Waals surface area (Å²) in [6.45, 7) is 4.05. The monoisotopic (exact) mass is 392 g/mol. The van der Waals surface area contributed by atoms with E-state index in [1.807, 2.05) is 6.07 Å². The molecule has 2 aliphatic heterocycles. The van der Waals surface area contributed by atoms with E-state index in [-0.39, 0.29) is 5.24 Å². The third-order valence-corrected chi connectivity index (χ3v) is 5.19. The van der Waals surface area contributed by atoms with Gasteiger partial charge in [-0.2, -0.15) is 0 Å². The quantitative estimate of drug-likeness (QED) is 0.738. The first kappa shape index (κ1) is 19.5. The summed E-state index contributed by atoms with van der Waals surface area (Å²) < 4.78 is 5.36. The molecule has 146 valence electrons. The van der Waals surface area contributed by atoms with Gasteiger partial charge in [-0.15, -0.1) is 0 Å². The molecule has 1 fully saturated rings. The van der Waals surface area contributed by atoms with Gasteiger partial charge in [0.1, 0.15) is 6.17 Å². The predicted octanol–water partition coefficient (Wildman–Crippen LogP) is 2.75. The van der Waals surface area contributed by atoms with Crippen LogP contribution in [0.2, 0.25) is 0 Å². The number of rotatable bonds is 7. The minimum Gasteiger partial charge on any atom is -0.465 e. The maximum absolute atomic E-state index is 12.4. The number of ether oxygens (including phenoxy) is 1. The highest BCUT2D eigenvalue weighted by molar-refractivity contribution is 8.16. The van der Waals surface area contributed by atoms with Crippen molar-refractivity contribution in [3.63, 3.8) is 0 Å². The van der Waals surface area contributed by atoms with E-state index in [4.69, 9.17) is 4.74 Å². The number of para-hydroxylation sites is 1. The van der Waals surface area contributed by atoms with Crippen LogP contribution in [0.3, 0.4) is 0 Å². The highest BCUT2D eigenvalue weighted by Crippen LogP contribution is 2.25. The Kier molecular flexibility index (Phi) is 6.97. The number of anilines is 1. The Hall–Kier alpha value is -2.23. The van der Waals surface area contributed by atoms with Gasteiger partial charge < -0.3 is 15.3 Å². The smallest absolute Gasteiger partial charge is 0.413 e. The molecule has 1 aromatic carbocycles. The highest BCUT2D eigenvalue weighted by Gasteiger charge is 2.34. The van der Waals surface area contributed by atoms with Gasteiger partial charge in [0, 0.05) is 25.0 Å². The van der Waals surface area contributed by atoms with Crippen molar-refractivity contribution in [2.45, 2.75) is 19.0 Å². The Morgan fingerprint density at radius 3 is 2.70 bits per heavy atom. The summed E-state index contributed by atoms with van der Waals surface area (Å²) in [6.07, 6.45) is 1.20.